The predicted molar refractivity (Wildman–Crippen MR) is 60.5 cm³/mol. The van der Waals surface area contributed by atoms with Crippen LogP contribution in [0.5, 0.6) is 0 Å². The van der Waals surface area contributed by atoms with Crippen LogP contribution in [-0.4, -0.2) is 11.9 Å². The minimum absolute atomic E-state index is 0.149. The molecular formula is C13H15NO. The fraction of sp³-hybridized carbons (Fsp3) is 0.308. The first kappa shape index (κ1) is 9.97. The van der Waals surface area contributed by atoms with Gasteiger partial charge in [-0.15, -0.1) is 6.58 Å². The van der Waals surface area contributed by atoms with Gasteiger partial charge in [-0.3, -0.25) is 4.79 Å². The maximum absolute atomic E-state index is 11.4. The minimum atomic E-state index is 0.149. The van der Waals surface area contributed by atoms with Gasteiger partial charge in [0.2, 0.25) is 5.91 Å². The number of amides is 1. The molecule has 15 heavy (non-hydrogen) atoms. The summed E-state index contributed by atoms with van der Waals surface area (Å²) in [4.78, 5) is 11.4. The van der Waals surface area contributed by atoms with Crippen molar-refractivity contribution in [3.05, 3.63) is 48.6 Å². The van der Waals surface area contributed by atoms with Crippen LogP contribution in [0, 0.1) is 0 Å². The summed E-state index contributed by atoms with van der Waals surface area (Å²) in [6.07, 6.45) is 3.31. The van der Waals surface area contributed by atoms with Crippen molar-refractivity contribution in [1.29, 1.82) is 0 Å². The lowest BCUT2D eigenvalue weighted by Gasteiger charge is -2.17. The van der Waals surface area contributed by atoms with Crippen LogP contribution in [0.2, 0.25) is 0 Å². The van der Waals surface area contributed by atoms with Gasteiger partial charge in [-0.1, -0.05) is 36.4 Å². The summed E-state index contributed by atoms with van der Waals surface area (Å²) in [5.41, 5.74) is 1.24. The summed E-state index contributed by atoms with van der Waals surface area (Å²) in [6, 6.07) is 10.4. The van der Waals surface area contributed by atoms with Crippen LogP contribution < -0.4 is 5.32 Å². The van der Waals surface area contributed by atoms with Crippen molar-refractivity contribution < 1.29 is 4.79 Å². The molecule has 2 rings (SSSR count). The third kappa shape index (κ3) is 2.09. The molecule has 78 valence electrons. The number of hydrogen-bond acceptors (Lipinski definition) is 1. The van der Waals surface area contributed by atoms with Crippen LogP contribution in [0.4, 0.5) is 0 Å². The van der Waals surface area contributed by atoms with Gasteiger partial charge in [0, 0.05) is 18.4 Å². The second-order valence-electron chi connectivity index (χ2n) is 3.92. The molecule has 0 aromatic heterocycles. The molecule has 1 aliphatic rings. The maximum atomic E-state index is 11.4. The Hall–Kier alpha value is -1.57. The first-order valence-corrected chi connectivity index (χ1v) is 5.26. The molecule has 1 heterocycles. The zero-order chi connectivity index (χ0) is 10.7. The monoisotopic (exact) mass is 201 g/mol. The molecule has 2 nitrogen and oxygen atoms in total. The minimum Gasteiger partial charge on any atom is -0.352 e. The Morgan fingerprint density at radius 1 is 1.40 bits per heavy atom. The van der Waals surface area contributed by atoms with Gasteiger partial charge >= 0.3 is 0 Å². The Labute approximate surface area is 90.0 Å². The van der Waals surface area contributed by atoms with Crippen molar-refractivity contribution in [2.75, 3.05) is 0 Å². The summed E-state index contributed by atoms with van der Waals surface area (Å²) in [5, 5.41) is 2.99. The van der Waals surface area contributed by atoms with E-state index in [9.17, 15) is 4.79 Å². The molecule has 0 unspecified atom stereocenters. The topological polar surface area (TPSA) is 29.1 Å². The largest absolute Gasteiger partial charge is 0.352 e. The molecule has 0 spiro atoms. The van der Waals surface area contributed by atoms with E-state index in [4.69, 9.17) is 0 Å². The van der Waals surface area contributed by atoms with E-state index in [0.717, 1.165) is 6.42 Å². The van der Waals surface area contributed by atoms with Gasteiger partial charge in [-0.05, 0) is 12.0 Å². The van der Waals surface area contributed by atoms with Crippen molar-refractivity contribution in [3.63, 3.8) is 0 Å². The summed E-state index contributed by atoms with van der Waals surface area (Å²) in [5.74, 6) is 0.451. The quantitative estimate of drug-likeness (QED) is 0.746. The summed E-state index contributed by atoms with van der Waals surface area (Å²) >= 11 is 0. The van der Waals surface area contributed by atoms with Crippen molar-refractivity contribution in [1.82, 2.24) is 5.32 Å². The molecule has 1 N–H and O–H groups in total. The van der Waals surface area contributed by atoms with E-state index in [2.05, 4.69) is 24.0 Å². The highest BCUT2D eigenvalue weighted by molar-refractivity contribution is 5.80. The van der Waals surface area contributed by atoms with Crippen molar-refractivity contribution in [3.8, 4) is 0 Å². The predicted octanol–water partition coefficient (Wildman–Crippen LogP) is 2.23. The average molecular weight is 201 g/mol. The number of carbonyl (C=O) groups excluding carboxylic acids is 1. The summed E-state index contributed by atoms with van der Waals surface area (Å²) in [6.45, 7) is 3.73. The van der Waals surface area contributed by atoms with E-state index in [0.29, 0.717) is 12.3 Å². The normalized spacial score (nSPS) is 24.9. The molecule has 1 fully saturated rings. The second kappa shape index (κ2) is 4.30. The van der Waals surface area contributed by atoms with Crippen LogP contribution in [0.25, 0.3) is 0 Å². The molecule has 1 aliphatic heterocycles. The van der Waals surface area contributed by atoms with Crippen LogP contribution in [0.1, 0.15) is 24.3 Å². The lowest BCUT2D eigenvalue weighted by Crippen LogP contribution is -2.27. The molecule has 1 saturated heterocycles. The Balaban J connectivity index is 2.20. The Kier molecular flexibility index (Phi) is 2.86. The third-order valence-corrected chi connectivity index (χ3v) is 2.89. The van der Waals surface area contributed by atoms with Crippen LogP contribution >= 0.6 is 0 Å². The highest BCUT2D eigenvalue weighted by Crippen LogP contribution is 2.29. The molecule has 0 aliphatic carbocycles. The Morgan fingerprint density at radius 2 is 2.13 bits per heavy atom. The molecule has 0 bridgehead atoms. The van der Waals surface area contributed by atoms with E-state index in [1.54, 1.807) is 0 Å². The van der Waals surface area contributed by atoms with Gasteiger partial charge in [-0.2, -0.15) is 0 Å². The van der Waals surface area contributed by atoms with E-state index in [1.807, 2.05) is 24.3 Å². The van der Waals surface area contributed by atoms with Crippen LogP contribution in [0.3, 0.4) is 0 Å². The number of nitrogens with one attached hydrogen (secondary N) is 1. The number of rotatable bonds is 3. The van der Waals surface area contributed by atoms with Crippen molar-refractivity contribution in [2.45, 2.75) is 24.8 Å². The Bertz CT molecular complexity index is 358. The van der Waals surface area contributed by atoms with E-state index >= 15 is 0 Å². The third-order valence-electron chi connectivity index (χ3n) is 2.89. The maximum Gasteiger partial charge on any atom is 0.220 e. The van der Waals surface area contributed by atoms with Gasteiger partial charge in [-0.25, -0.2) is 0 Å². The highest BCUT2D eigenvalue weighted by atomic mass is 16.2. The number of hydrogen-bond donors (Lipinski definition) is 1. The van der Waals surface area contributed by atoms with Gasteiger partial charge in [0.25, 0.3) is 0 Å². The lowest BCUT2D eigenvalue weighted by atomic mass is 9.90. The Morgan fingerprint density at radius 3 is 2.80 bits per heavy atom. The first-order valence-electron chi connectivity index (χ1n) is 5.26. The van der Waals surface area contributed by atoms with E-state index < -0.39 is 0 Å². The van der Waals surface area contributed by atoms with Gasteiger partial charge in [0.1, 0.15) is 0 Å². The zero-order valence-electron chi connectivity index (χ0n) is 8.65. The number of benzene rings is 1. The van der Waals surface area contributed by atoms with Crippen molar-refractivity contribution in [2.24, 2.45) is 0 Å². The van der Waals surface area contributed by atoms with Gasteiger partial charge in [0.15, 0.2) is 0 Å². The molecule has 1 aromatic carbocycles. The molecule has 1 aromatic rings. The van der Waals surface area contributed by atoms with Gasteiger partial charge < -0.3 is 5.32 Å². The second-order valence-corrected chi connectivity index (χ2v) is 3.92. The van der Waals surface area contributed by atoms with Crippen LogP contribution in [0.15, 0.2) is 43.0 Å². The zero-order valence-corrected chi connectivity index (χ0v) is 8.65. The molecule has 2 atom stereocenters. The SMILES string of the molecule is C=CC[C@H]1NC(=O)C[C@@H]1c1ccccc1. The van der Waals surface area contributed by atoms with Crippen LogP contribution in [-0.2, 0) is 4.79 Å². The number of carbonyl (C=O) groups is 1. The first-order chi connectivity index (χ1) is 7.31. The fourth-order valence-electron chi connectivity index (χ4n) is 2.16. The highest BCUT2D eigenvalue weighted by Gasteiger charge is 2.32. The fourth-order valence-corrected chi connectivity index (χ4v) is 2.16. The average Bonchev–Trinajstić information content (AvgIpc) is 2.62. The molecule has 1 amide bonds. The van der Waals surface area contributed by atoms with E-state index in [-0.39, 0.29) is 11.9 Å². The molecule has 2 heteroatoms. The molecular weight excluding hydrogens is 186 g/mol. The van der Waals surface area contributed by atoms with Crippen molar-refractivity contribution >= 4 is 5.91 Å². The standard InChI is InChI=1S/C13H15NO/c1-2-6-12-11(9-13(15)14-12)10-7-4-3-5-8-10/h2-5,7-8,11-12H,1,6,9H2,(H,14,15)/t11-,12-/m1/s1. The smallest absolute Gasteiger partial charge is 0.220 e. The van der Waals surface area contributed by atoms with E-state index in [1.165, 1.54) is 5.56 Å². The summed E-state index contributed by atoms with van der Waals surface area (Å²) < 4.78 is 0. The molecule has 0 saturated carbocycles. The van der Waals surface area contributed by atoms with Gasteiger partial charge in [0.05, 0.1) is 0 Å². The lowest BCUT2D eigenvalue weighted by molar-refractivity contribution is -0.119. The summed E-state index contributed by atoms with van der Waals surface area (Å²) in [7, 11) is 0. The molecule has 0 radical (unpaired) electrons.